The Kier molecular flexibility index (Phi) is 4.93. The van der Waals surface area contributed by atoms with E-state index in [9.17, 15) is 0 Å². The van der Waals surface area contributed by atoms with Gasteiger partial charge in [0.15, 0.2) is 16.7 Å². The molecular formula is C16H16ClN3O2S. The molecule has 0 saturated heterocycles. The Morgan fingerprint density at radius 1 is 1.30 bits per heavy atom. The summed E-state index contributed by atoms with van der Waals surface area (Å²) < 4.78 is 12.8. The van der Waals surface area contributed by atoms with Crippen molar-refractivity contribution in [2.45, 2.75) is 24.4 Å². The van der Waals surface area contributed by atoms with Gasteiger partial charge < -0.3 is 9.15 Å². The highest BCUT2D eigenvalue weighted by Crippen LogP contribution is 2.31. The van der Waals surface area contributed by atoms with Crippen LogP contribution in [0, 0.1) is 0 Å². The predicted octanol–water partition coefficient (Wildman–Crippen LogP) is 4.51. The first-order valence-electron chi connectivity index (χ1n) is 7.15. The molecule has 0 aliphatic rings. The lowest BCUT2D eigenvalue weighted by Gasteiger charge is -2.09. The molecule has 0 spiro atoms. The van der Waals surface area contributed by atoms with E-state index in [1.165, 1.54) is 0 Å². The number of hydrogen-bond acceptors (Lipinski definition) is 5. The minimum Gasteiger partial charge on any atom is -0.496 e. The number of aromatic nitrogens is 3. The molecule has 0 radical (unpaired) electrons. The molecule has 0 bridgehead atoms. The van der Waals surface area contributed by atoms with E-state index < -0.39 is 0 Å². The summed E-state index contributed by atoms with van der Waals surface area (Å²) in [6.07, 6.45) is 1.63. The molecule has 1 aromatic carbocycles. The van der Waals surface area contributed by atoms with E-state index in [1.54, 1.807) is 25.1 Å². The summed E-state index contributed by atoms with van der Waals surface area (Å²) in [6, 6.07) is 9.32. The maximum Gasteiger partial charge on any atom is 0.200 e. The van der Waals surface area contributed by atoms with Gasteiger partial charge in [-0.25, -0.2) is 0 Å². The fourth-order valence-corrected chi connectivity index (χ4v) is 3.45. The summed E-state index contributed by atoms with van der Waals surface area (Å²) in [5, 5.41) is 10.0. The van der Waals surface area contributed by atoms with Crippen molar-refractivity contribution in [1.29, 1.82) is 0 Å². The Balaban J connectivity index is 1.83. The van der Waals surface area contributed by atoms with Crippen molar-refractivity contribution in [2.75, 3.05) is 7.11 Å². The molecule has 2 heterocycles. The minimum absolute atomic E-state index is 0.689. The Morgan fingerprint density at radius 2 is 2.17 bits per heavy atom. The summed E-state index contributed by atoms with van der Waals surface area (Å²) in [5.41, 5.74) is 1.02. The molecule has 23 heavy (non-hydrogen) atoms. The molecule has 5 nitrogen and oxygen atoms in total. The topological polar surface area (TPSA) is 53.1 Å². The van der Waals surface area contributed by atoms with Crippen molar-refractivity contribution in [3.63, 3.8) is 0 Å². The second kappa shape index (κ2) is 7.10. The highest BCUT2D eigenvalue weighted by Gasteiger charge is 2.16. The molecule has 0 N–H and O–H groups in total. The van der Waals surface area contributed by atoms with E-state index >= 15 is 0 Å². The number of furan rings is 1. The third kappa shape index (κ3) is 3.38. The highest BCUT2D eigenvalue weighted by atomic mass is 35.5. The predicted molar refractivity (Wildman–Crippen MR) is 91.0 cm³/mol. The van der Waals surface area contributed by atoms with Crippen molar-refractivity contribution < 1.29 is 9.15 Å². The van der Waals surface area contributed by atoms with Gasteiger partial charge in [0.25, 0.3) is 0 Å². The highest BCUT2D eigenvalue weighted by molar-refractivity contribution is 7.98. The summed E-state index contributed by atoms with van der Waals surface area (Å²) in [6.45, 7) is 2.82. The fourth-order valence-electron chi connectivity index (χ4n) is 2.27. The molecule has 0 unspecified atom stereocenters. The molecule has 3 rings (SSSR count). The van der Waals surface area contributed by atoms with Crippen molar-refractivity contribution in [3.05, 3.63) is 47.2 Å². The maximum absolute atomic E-state index is 6.08. The normalized spacial score (nSPS) is 10.9. The molecule has 120 valence electrons. The van der Waals surface area contributed by atoms with Gasteiger partial charge in [-0.1, -0.05) is 23.4 Å². The molecule has 7 heteroatoms. The van der Waals surface area contributed by atoms with Crippen LogP contribution in [0.1, 0.15) is 12.5 Å². The second-order valence-corrected chi connectivity index (χ2v) is 6.15. The van der Waals surface area contributed by atoms with E-state index in [4.69, 9.17) is 20.8 Å². The molecule has 0 aliphatic carbocycles. The van der Waals surface area contributed by atoms with Gasteiger partial charge in [-0.2, -0.15) is 0 Å². The van der Waals surface area contributed by atoms with Crippen LogP contribution >= 0.6 is 23.4 Å². The first-order chi connectivity index (χ1) is 11.2. The Hall–Kier alpha value is -1.92. The number of benzene rings is 1. The van der Waals surface area contributed by atoms with Crippen LogP contribution in [0.25, 0.3) is 11.6 Å². The van der Waals surface area contributed by atoms with Crippen molar-refractivity contribution in [1.82, 2.24) is 14.8 Å². The average Bonchev–Trinajstić information content (AvgIpc) is 3.21. The van der Waals surface area contributed by atoms with Gasteiger partial charge in [0.1, 0.15) is 5.75 Å². The van der Waals surface area contributed by atoms with Crippen LogP contribution in [0.2, 0.25) is 5.02 Å². The lowest BCUT2D eigenvalue weighted by molar-refractivity contribution is 0.411. The van der Waals surface area contributed by atoms with Crippen molar-refractivity contribution in [3.8, 4) is 17.3 Å². The lowest BCUT2D eigenvalue weighted by atomic mass is 10.2. The van der Waals surface area contributed by atoms with Gasteiger partial charge in [-0.05, 0) is 37.3 Å². The fraction of sp³-hybridized carbons (Fsp3) is 0.250. The summed E-state index contributed by atoms with van der Waals surface area (Å²) >= 11 is 7.67. The van der Waals surface area contributed by atoms with Gasteiger partial charge in [-0.3, -0.25) is 4.57 Å². The quantitative estimate of drug-likeness (QED) is 0.613. The van der Waals surface area contributed by atoms with Crippen LogP contribution in [0.4, 0.5) is 0 Å². The third-order valence-corrected chi connectivity index (χ3v) is 4.62. The SMILES string of the molecule is CCn1c(SCc2cc(Cl)ccc2OC)nnc1-c1ccco1. The number of thioether (sulfide) groups is 1. The molecule has 0 amide bonds. The third-order valence-electron chi connectivity index (χ3n) is 3.37. The average molecular weight is 350 g/mol. The van der Waals surface area contributed by atoms with E-state index in [1.807, 2.05) is 34.9 Å². The van der Waals surface area contributed by atoms with Gasteiger partial charge in [0.05, 0.1) is 13.4 Å². The van der Waals surface area contributed by atoms with E-state index in [0.717, 1.165) is 28.8 Å². The lowest BCUT2D eigenvalue weighted by Crippen LogP contribution is -1.99. The number of ether oxygens (including phenoxy) is 1. The molecule has 0 aliphatic heterocycles. The van der Waals surface area contributed by atoms with Gasteiger partial charge in [-0.15, -0.1) is 10.2 Å². The van der Waals surface area contributed by atoms with Gasteiger partial charge >= 0.3 is 0 Å². The summed E-state index contributed by atoms with van der Waals surface area (Å²) in [5.74, 6) is 2.96. The Labute approximate surface area is 143 Å². The maximum atomic E-state index is 6.08. The van der Waals surface area contributed by atoms with Crippen molar-refractivity contribution in [2.24, 2.45) is 0 Å². The smallest absolute Gasteiger partial charge is 0.200 e. The number of hydrogen-bond donors (Lipinski definition) is 0. The summed E-state index contributed by atoms with van der Waals surface area (Å²) in [4.78, 5) is 0. The van der Waals surface area contributed by atoms with Crippen LogP contribution in [0.5, 0.6) is 5.75 Å². The second-order valence-electron chi connectivity index (χ2n) is 4.77. The molecule has 3 aromatic rings. The molecule has 0 fully saturated rings. The Morgan fingerprint density at radius 3 is 2.87 bits per heavy atom. The standard InChI is InChI=1S/C16H16ClN3O2S/c1-3-20-15(14-5-4-8-22-14)18-19-16(20)23-10-11-9-12(17)6-7-13(11)21-2/h4-9H,3,10H2,1-2H3. The van der Waals surface area contributed by atoms with Crippen LogP contribution in [-0.4, -0.2) is 21.9 Å². The largest absolute Gasteiger partial charge is 0.496 e. The van der Waals surface area contributed by atoms with Gasteiger partial charge in [0, 0.05) is 22.9 Å². The molecule has 0 atom stereocenters. The zero-order chi connectivity index (χ0) is 16.2. The molecule has 2 aromatic heterocycles. The first-order valence-corrected chi connectivity index (χ1v) is 8.51. The number of halogens is 1. The van der Waals surface area contributed by atoms with Crippen LogP contribution in [-0.2, 0) is 12.3 Å². The van der Waals surface area contributed by atoms with Crippen LogP contribution < -0.4 is 4.74 Å². The van der Waals surface area contributed by atoms with Gasteiger partial charge in [0.2, 0.25) is 0 Å². The summed E-state index contributed by atoms with van der Waals surface area (Å²) in [7, 11) is 1.65. The van der Waals surface area contributed by atoms with E-state index in [-0.39, 0.29) is 0 Å². The minimum atomic E-state index is 0.689. The van der Waals surface area contributed by atoms with Crippen LogP contribution in [0.15, 0.2) is 46.2 Å². The van der Waals surface area contributed by atoms with Crippen LogP contribution in [0.3, 0.4) is 0 Å². The first kappa shape index (κ1) is 16.0. The Bertz CT molecular complexity index is 787. The zero-order valence-electron chi connectivity index (χ0n) is 12.8. The monoisotopic (exact) mass is 349 g/mol. The number of methoxy groups -OCH3 is 1. The zero-order valence-corrected chi connectivity index (χ0v) is 14.4. The van der Waals surface area contributed by atoms with E-state index in [2.05, 4.69) is 17.1 Å². The molecular weight excluding hydrogens is 334 g/mol. The number of rotatable bonds is 6. The van der Waals surface area contributed by atoms with Crippen molar-refractivity contribution >= 4 is 23.4 Å². The molecule has 0 saturated carbocycles. The number of nitrogens with zero attached hydrogens (tertiary/aromatic N) is 3. The van der Waals surface area contributed by atoms with E-state index in [0.29, 0.717) is 16.5 Å².